The standard InChI is InChI=1S/2C28H23.C3H6.2ClH.Hf/c2*1-2-9-19(8-1)23-17-22-12-7-15-26(27(22)18-23)28-24-13-5-3-10-20(24)16-21-11-4-6-14-25(21)28;1-3-2;;;/h2*3-7,10-19H,1-2,8-9H2;1-3H2;2*1H;/q2*-1;-2;;;/p-2. The van der Waals surface area contributed by atoms with Crippen molar-refractivity contribution in [2.45, 2.75) is 69.6 Å². The van der Waals surface area contributed by atoms with Crippen LogP contribution in [0.2, 0.25) is 0 Å². The molecule has 0 spiro atoms. The van der Waals surface area contributed by atoms with Crippen LogP contribution in [0.3, 0.4) is 0 Å². The van der Waals surface area contributed by atoms with Crippen molar-refractivity contribution in [3.63, 3.8) is 0 Å². The van der Waals surface area contributed by atoms with Crippen LogP contribution in [-0.2, 0) is 25.8 Å². The molecule has 0 heterocycles. The summed E-state index contributed by atoms with van der Waals surface area (Å²) in [5, 5.41) is 16.2. The van der Waals surface area contributed by atoms with E-state index in [1.807, 2.05) is 0 Å². The van der Waals surface area contributed by atoms with Gasteiger partial charge in [0.05, 0.1) is 0 Å². The van der Waals surface area contributed by atoms with Crippen molar-refractivity contribution in [3.8, 4) is 22.3 Å². The van der Waals surface area contributed by atoms with E-state index in [2.05, 4.69) is 184 Å². The Labute approximate surface area is 399 Å². The van der Waals surface area contributed by atoms with E-state index in [1.165, 1.54) is 138 Å². The van der Waals surface area contributed by atoms with Gasteiger partial charge in [0.1, 0.15) is 0 Å². The first-order valence-corrected chi connectivity index (χ1v) is 22.0. The molecular formula is C59H52Cl2Hf-6. The summed E-state index contributed by atoms with van der Waals surface area (Å²) in [6.07, 6.45) is 11.7. The van der Waals surface area contributed by atoms with Gasteiger partial charge in [0, 0.05) is 25.8 Å². The zero-order chi connectivity index (χ0) is 39.7. The molecule has 0 nitrogen and oxygen atoms in total. The van der Waals surface area contributed by atoms with Gasteiger partial charge in [-0.2, -0.15) is 12.1 Å². The van der Waals surface area contributed by atoms with Gasteiger partial charge in [0.2, 0.25) is 0 Å². The third-order valence-corrected chi connectivity index (χ3v) is 13.3. The van der Waals surface area contributed by atoms with Crippen LogP contribution in [0.1, 0.15) is 80.8 Å². The maximum absolute atomic E-state index is 3.38. The maximum Gasteiger partial charge on any atom is 0 e. The smallest absolute Gasteiger partial charge is 0 e. The van der Waals surface area contributed by atoms with Gasteiger partial charge in [-0.25, -0.2) is 0 Å². The van der Waals surface area contributed by atoms with Gasteiger partial charge in [0.15, 0.2) is 0 Å². The second-order valence-corrected chi connectivity index (χ2v) is 16.9. The Hall–Kier alpha value is -4.53. The van der Waals surface area contributed by atoms with Crippen LogP contribution < -0.4 is 24.8 Å². The van der Waals surface area contributed by atoms with Gasteiger partial charge in [-0.15, -0.1) is 69.1 Å². The molecule has 0 saturated heterocycles. The van der Waals surface area contributed by atoms with Crippen LogP contribution in [0.4, 0.5) is 0 Å². The van der Waals surface area contributed by atoms with Crippen LogP contribution in [-0.4, -0.2) is 0 Å². The van der Waals surface area contributed by atoms with E-state index in [-0.39, 0.29) is 50.7 Å². The zero-order valence-electron chi connectivity index (χ0n) is 35.4. The molecule has 3 heteroatoms. The second-order valence-electron chi connectivity index (χ2n) is 16.9. The number of halogens is 2. The molecule has 10 aromatic carbocycles. The Balaban J connectivity index is 0.000000168. The van der Waals surface area contributed by atoms with Crippen LogP contribution in [0, 0.1) is 13.8 Å². The van der Waals surface area contributed by atoms with Crippen LogP contribution in [0.5, 0.6) is 0 Å². The quantitative estimate of drug-likeness (QED) is 0.0936. The molecule has 312 valence electrons. The van der Waals surface area contributed by atoms with E-state index in [0.717, 1.165) is 18.3 Å². The van der Waals surface area contributed by atoms with E-state index < -0.39 is 0 Å². The van der Waals surface area contributed by atoms with Crippen molar-refractivity contribution in [1.29, 1.82) is 0 Å². The molecule has 10 aromatic rings. The fourth-order valence-corrected chi connectivity index (χ4v) is 10.5. The molecule has 2 aliphatic carbocycles. The summed E-state index contributed by atoms with van der Waals surface area (Å²) in [5.41, 5.74) is 8.59. The first kappa shape index (κ1) is 45.5. The Morgan fingerprint density at radius 3 is 1.02 bits per heavy atom. The molecule has 12 rings (SSSR count). The summed E-state index contributed by atoms with van der Waals surface area (Å²) < 4.78 is 0. The average molecular weight is 1010 g/mol. The van der Waals surface area contributed by atoms with Crippen molar-refractivity contribution in [3.05, 3.63) is 195 Å². The van der Waals surface area contributed by atoms with E-state index in [4.69, 9.17) is 0 Å². The Morgan fingerprint density at radius 2 is 0.694 bits per heavy atom. The van der Waals surface area contributed by atoms with Gasteiger partial charge in [-0.1, -0.05) is 146 Å². The SMILES string of the molecule is [CH2-]C[CH2-].[Cl-].[Cl-].[Hf].c1ccc2c(-c3cccc4[cH-]c(C5CCCC5)cc34)c3ccccc3cc2c1.c1ccc2c(-c3cccc4[cH-]c(C5CCCC5)cc34)c3ccccc3cc2c1. The second kappa shape index (κ2) is 20.3. The molecular weight excluding hydrogens is 958 g/mol. The number of fused-ring (bicyclic) bond motifs is 6. The van der Waals surface area contributed by atoms with E-state index in [9.17, 15) is 0 Å². The average Bonchev–Trinajstić information content (AvgIpc) is 4.12. The monoisotopic (exact) mass is 1010 g/mol. The Bertz CT molecular complexity index is 2760. The summed E-state index contributed by atoms with van der Waals surface area (Å²) in [6.45, 7) is 6.75. The molecule has 2 aliphatic rings. The van der Waals surface area contributed by atoms with Crippen molar-refractivity contribution in [2.24, 2.45) is 0 Å². The molecule has 0 N–H and O–H groups in total. The van der Waals surface area contributed by atoms with Crippen molar-refractivity contribution < 1.29 is 50.7 Å². The zero-order valence-corrected chi connectivity index (χ0v) is 40.5. The van der Waals surface area contributed by atoms with Crippen LogP contribution in [0.25, 0.3) is 86.9 Å². The van der Waals surface area contributed by atoms with E-state index in [1.54, 1.807) is 11.1 Å². The molecule has 0 radical (unpaired) electrons. The minimum atomic E-state index is 0. The number of rotatable bonds is 4. The number of benzene rings is 8. The fourth-order valence-electron chi connectivity index (χ4n) is 10.5. The fraction of sp³-hybridized carbons (Fsp3) is 0.186. The normalized spacial score (nSPS) is 14.0. The van der Waals surface area contributed by atoms with Gasteiger partial charge in [0.25, 0.3) is 0 Å². The van der Waals surface area contributed by atoms with Crippen LogP contribution in [0.15, 0.2) is 170 Å². The molecule has 0 atom stereocenters. The molecule has 0 aromatic heterocycles. The molecule has 0 amide bonds. The summed E-state index contributed by atoms with van der Waals surface area (Å²) in [4.78, 5) is 0. The van der Waals surface area contributed by atoms with E-state index >= 15 is 0 Å². The third-order valence-electron chi connectivity index (χ3n) is 13.3. The first-order valence-electron chi connectivity index (χ1n) is 22.0. The Morgan fingerprint density at radius 1 is 0.387 bits per heavy atom. The largest absolute Gasteiger partial charge is 1.00 e. The molecule has 62 heavy (non-hydrogen) atoms. The molecule has 2 fully saturated rings. The summed E-state index contributed by atoms with van der Waals surface area (Å²) in [6, 6.07) is 63.4. The van der Waals surface area contributed by atoms with Gasteiger partial charge >= 0.3 is 0 Å². The summed E-state index contributed by atoms with van der Waals surface area (Å²) in [7, 11) is 0. The topological polar surface area (TPSA) is 0 Å². The Kier molecular flexibility index (Phi) is 14.9. The summed E-state index contributed by atoms with van der Waals surface area (Å²) >= 11 is 0. The first-order chi connectivity index (χ1) is 29.2. The van der Waals surface area contributed by atoms with Gasteiger partial charge in [-0.3, -0.25) is 0 Å². The van der Waals surface area contributed by atoms with E-state index in [0.29, 0.717) is 0 Å². The minimum Gasteiger partial charge on any atom is -1.00 e. The number of hydrogen-bond acceptors (Lipinski definition) is 0. The molecule has 0 unspecified atom stereocenters. The predicted octanol–water partition coefficient (Wildman–Crippen LogP) is 11.4. The number of hydrogen-bond donors (Lipinski definition) is 0. The maximum atomic E-state index is 3.38. The molecule has 0 bridgehead atoms. The third kappa shape index (κ3) is 8.71. The molecule has 2 saturated carbocycles. The summed E-state index contributed by atoms with van der Waals surface area (Å²) in [5.74, 6) is 1.51. The predicted molar refractivity (Wildman–Crippen MR) is 258 cm³/mol. The molecule has 0 aliphatic heterocycles. The van der Waals surface area contributed by atoms with Gasteiger partial charge < -0.3 is 45.1 Å². The van der Waals surface area contributed by atoms with Gasteiger partial charge in [-0.05, 0) is 104 Å². The van der Waals surface area contributed by atoms with Crippen LogP contribution >= 0.6 is 0 Å². The van der Waals surface area contributed by atoms with Crippen molar-refractivity contribution >= 4 is 64.6 Å². The van der Waals surface area contributed by atoms with Crippen molar-refractivity contribution in [1.82, 2.24) is 0 Å². The van der Waals surface area contributed by atoms with Crippen molar-refractivity contribution in [2.75, 3.05) is 0 Å². The minimum absolute atomic E-state index is 0.